The first-order valence-corrected chi connectivity index (χ1v) is 4.68. The molecule has 0 fully saturated rings. The molecule has 0 aliphatic carbocycles. The van der Waals surface area contributed by atoms with E-state index in [2.05, 4.69) is 40.0 Å². The molecule has 0 unspecified atom stereocenters. The fraction of sp³-hybridized carbons (Fsp3) is 0.200. The molecule has 0 atom stereocenters. The van der Waals surface area contributed by atoms with Gasteiger partial charge in [0.2, 0.25) is 0 Å². The molecule has 0 radical (unpaired) electrons. The molecule has 0 heterocycles. The van der Waals surface area contributed by atoms with E-state index in [1.807, 2.05) is 18.2 Å². The van der Waals surface area contributed by atoms with Gasteiger partial charge in [-0.25, -0.2) is 0 Å². The van der Waals surface area contributed by atoms with E-state index in [-0.39, 0.29) is 0 Å². The molecule has 1 N–H and O–H groups in total. The Balaban J connectivity index is 2.46. The number of hydrogen-bond donors (Lipinski definition) is 1. The van der Waals surface area contributed by atoms with Gasteiger partial charge in [-0.05, 0) is 17.7 Å². The first-order valence-electron chi connectivity index (χ1n) is 3.89. The third kappa shape index (κ3) is 3.20. The second-order valence-corrected chi connectivity index (χ2v) is 3.47. The van der Waals surface area contributed by atoms with Gasteiger partial charge in [-0.3, -0.25) is 0 Å². The highest BCUT2D eigenvalue weighted by Crippen LogP contribution is 2.10. The summed E-state index contributed by atoms with van der Waals surface area (Å²) >= 11 is 3.42. The summed E-state index contributed by atoms with van der Waals surface area (Å²) in [6, 6.07) is 8.27. The van der Waals surface area contributed by atoms with Gasteiger partial charge in [0.15, 0.2) is 0 Å². The number of hydrogen-bond acceptors (Lipinski definition) is 1. The number of benzene rings is 1. The number of rotatable bonds is 4. The van der Waals surface area contributed by atoms with Gasteiger partial charge in [-0.15, -0.1) is 6.58 Å². The van der Waals surface area contributed by atoms with Crippen LogP contribution in [-0.2, 0) is 6.54 Å². The van der Waals surface area contributed by atoms with Crippen molar-refractivity contribution in [1.82, 2.24) is 5.32 Å². The van der Waals surface area contributed by atoms with Gasteiger partial charge in [0.05, 0.1) is 0 Å². The molecule has 2 heteroatoms. The fourth-order valence-electron chi connectivity index (χ4n) is 0.965. The lowest BCUT2D eigenvalue weighted by Crippen LogP contribution is -2.12. The molecule has 12 heavy (non-hydrogen) atoms. The van der Waals surface area contributed by atoms with Crippen molar-refractivity contribution in [3.05, 3.63) is 47.0 Å². The Bertz CT molecular complexity index is 258. The van der Waals surface area contributed by atoms with Crippen molar-refractivity contribution < 1.29 is 0 Å². The minimum Gasteiger partial charge on any atom is -0.309 e. The molecule has 0 spiro atoms. The van der Waals surface area contributed by atoms with Crippen molar-refractivity contribution in [2.75, 3.05) is 6.54 Å². The highest BCUT2D eigenvalue weighted by Gasteiger charge is 1.91. The maximum absolute atomic E-state index is 3.64. The molecule has 0 aliphatic heterocycles. The second kappa shape index (κ2) is 5.12. The monoisotopic (exact) mass is 225 g/mol. The van der Waals surface area contributed by atoms with E-state index in [9.17, 15) is 0 Å². The molecule has 0 bridgehead atoms. The van der Waals surface area contributed by atoms with Crippen LogP contribution >= 0.6 is 15.9 Å². The third-order valence-corrected chi connectivity index (χ3v) is 2.00. The van der Waals surface area contributed by atoms with Gasteiger partial charge >= 0.3 is 0 Å². The molecule has 1 aromatic rings. The van der Waals surface area contributed by atoms with Crippen LogP contribution in [0.4, 0.5) is 0 Å². The summed E-state index contributed by atoms with van der Waals surface area (Å²) in [5, 5.41) is 3.24. The number of nitrogens with one attached hydrogen (secondary N) is 1. The number of halogens is 1. The van der Waals surface area contributed by atoms with Gasteiger partial charge in [0.25, 0.3) is 0 Å². The van der Waals surface area contributed by atoms with E-state index in [1.165, 1.54) is 5.56 Å². The normalized spacial score (nSPS) is 9.75. The van der Waals surface area contributed by atoms with Crippen molar-refractivity contribution >= 4 is 15.9 Å². The largest absolute Gasteiger partial charge is 0.309 e. The maximum atomic E-state index is 3.64. The molecule has 0 saturated carbocycles. The lowest BCUT2D eigenvalue weighted by atomic mass is 10.2. The van der Waals surface area contributed by atoms with Crippen molar-refractivity contribution in [2.45, 2.75) is 6.54 Å². The average molecular weight is 226 g/mol. The van der Waals surface area contributed by atoms with Gasteiger partial charge < -0.3 is 5.32 Å². The van der Waals surface area contributed by atoms with Crippen molar-refractivity contribution in [1.29, 1.82) is 0 Å². The van der Waals surface area contributed by atoms with Crippen LogP contribution in [0, 0.1) is 0 Å². The van der Waals surface area contributed by atoms with Crippen LogP contribution in [0.25, 0.3) is 0 Å². The molecule has 0 aromatic heterocycles. The zero-order valence-corrected chi connectivity index (χ0v) is 8.47. The van der Waals surface area contributed by atoms with Gasteiger partial charge in [-0.2, -0.15) is 0 Å². The summed E-state index contributed by atoms with van der Waals surface area (Å²) < 4.78 is 1.13. The van der Waals surface area contributed by atoms with Crippen molar-refractivity contribution in [3.63, 3.8) is 0 Å². The molecule has 1 nitrogen and oxygen atoms in total. The summed E-state index contributed by atoms with van der Waals surface area (Å²) in [7, 11) is 0. The predicted octanol–water partition coefficient (Wildman–Crippen LogP) is 2.72. The third-order valence-electron chi connectivity index (χ3n) is 1.51. The Morgan fingerprint density at radius 2 is 2.33 bits per heavy atom. The van der Waals surface area contributed by atoms with E-state index >= 15 is 0 Å². The smallest absolute Gasteiger partial charge is 0.0208 e. The Kier molecular flexibility index (Phi) is 4.05. The Morgan fingerprint density at radius 1 is 1.50 bits per heavy atom. The van der Waals surface area contributed by atoms with Crippen LogP contribution in [0.2, 0.25) is 0 Å². The van der Waals surface area contributed by atoms with Crippen LogP contribution in [0.15, 0.2) is 41.4 Å². The Morgan fingerprint density at radius 3 is 3.00 bits per heavy atom. The zero-order valence-electron chi connectivity index (χ0n) is 6.89. The van der Waals surface area contributed by atoms with E-state index in [0.717, 1.165) is 17.6 Å². The fourth-order valence-corrected chi connectivity index (χ4v) is 1.41. The van der Waals surface area contributed by atoms with E-state index < -0.39 is 0 Å². The molecule has 1 aromatic carbocycles. The standard InChI is InChI=1S/C10H12BrN/c1-2-6-12-8-9-4-3-5-10(11)7-9/h2-5,7,12H,1,6,8H2. The lowest BCUT2D eigenvalue weighted by Gasteiger charge is -2.01. The quantitative estimate of drug-likeness (QED) is 0.614. The minimum atomic E-state index is 0.854. The van der Waals surface area contributed by atoms with Gasteiger partial charge in [0, 0.05) is 17.6 Å². The summed E-state index contributed by atoms with van der Waals surface area (Å²) in [6.07, 6.45) is 1.86. The highest BCUT2D eigenvalue weighted by molar-refractivity contribution is 9.10. The maximum Gasteiger partial charge on any atom is 0.0208 e. The first kappa shape index (κ1) is 9.49. The Hall–Kier alpha value is -0.600. The topological polar surface area (TPSA) is 12.0 Å². The van der Waals surface area contributed by atoms with E-state index in [0.29, 0.717) is 0 Å². The summed E-state index contributed by atoms with van der Waals surface area (Å²) in [5.41, 5.74) is 1.28. The van der Waals surface area contributed by atoms with E-state index in [4.69, 9.17) is 0 Å². The van der Waals surface area contributed by atoms with Crippen LogP contribution in [0.1, 0.15) is 5.56 Å². The summed E-state index contributed by atoms with van der Waals surface area (Å²) in [4.78, 5) is 0. The Labute approximate surface area is 81.6 Å². The molecule has 64 valence electrons. The minimum absolute atomic E-state index is 0.854. The summed E-state index contributed by atoms with van der Waals surface area (Å²) in [6.45, 7) is 5.39. The van der Waals surface area contributed by atoms with Crippen molar-refractivity contribution in [3.8, 4) is 0 Å². The summed E-state index contributed by atoms with van der Waals surface area (Å²) in [5.74, 6) is 0. The molecule has 0 amide bonds. The van der Waals surface area contributed by atoms with Crippen molar-refractivity contribution in [2.24, 2.45) is 0 Å². The van der Waals surface area contributed by atoms with E-state index in [1.54, 1.807) is 0 Å². The molecule has 0 aliphatic rings. The van der Waals surface area contributed by atoms with Crippen LogP contribution < -0.4 is 5.32 Å². The molecule has 0 saturated heterocycles. The predicted molar refractivity (Wildman–Crippen MR) is 56.0 cm³/mol. The molecular weight excluding hydrogens is 214 g/mol. The zero-order chi connectivity index (χ0) is 8.81. The van der Waals surface area contributed by atoms with Gasteiger partial charge in [-0.1, -0.05) is 34.1 Å². The van der Waals surface area contributed by atoms with Crippen LogP contribution in [0.3, 0.4) is 0 Å². The second-order valence-electron chi connectivity index (χ2n) is 2.55. The highest BCUT2D eigenvalue weighted by atomic mass is 79.9. The molecular formula is C10H12BrN. The first-order chi connectivity index (χ1) is 5.83. The lowest BCUT2D eigenvalue weighted by molar-refractivity contribution is 0.760. The SMILES string of the molecule is C=CCNCc1cccc(Br)c1. The molecule has 1 rings (SSSR count). The van der Waals surface area contributed by atoms with Gasteiger partial charge in [0.1, 0.15) is 0 Å². The average Bonchev–Trinajstić information content (AvgIpc) is 2.05. The van der Waals surface area contributed by atoms with Crippen LogP contribution in [-0.4, -0.2) is 6.54 Å². The van der Waals surface area contributed by atoms with Crippen LogP contribution in [0.5, 0.6) is 0 Å².